The van der Waals surface area contributed by atoms with Crippen molar-refractivity contribution in [3.63, 3.8) is 0 Å². The van der Waals surface area contributed by atoms with E-state index < -0.39 is 0 Å². The molecule has 0 aliphatic carbocycles. The van der Waals surface area contributed by atoms with Crippen molar-refractivity contribution in [1.29, 1.82) is 0 Å². The minimum Gasteiger partial charge on any atom is -0.310 e. The molecular weight excluding hydrogens is 980 g/mol. The summed E-state index contributed by atoms with van der Waals surface area (Å²) in [6.45, 7) is 14.1. The van der Waals surface area contributed by atoms with Crippen LogP contribution in [0.25, 0.3) is 133 Å². The molecule has 0 fully saturated rings. The van der Waals surface area contributed by atoms with Crippen LogP contribution in [0.5, 0.6) is 0 Å². The first kappa shape index (κ1) is 47.4. The number of hydrogen-bond acceptors (Lipinski definition) is 2. The highest BCUT2D eigenvalue weighted by Gasteiger charge is 2.43. The molecule has 11 aromatic carbocycles. The number of para-hydroxylation sites is 1. The van der Waals surface area contributed by atoms with Crippen molar-refractivity contribution < 1.29 is 0 Å². The van der Waals surface area contributed by atoms with Gasteiger partial charge in [-0.25, -0.2) is 9.97 Å². The lowest BCUT2D eigenvalue weighted by molar-refractivity contribution is 0.591. The van der Waals surface area contributed by atoms with Gasteiger partial charge in [-0.2, -0.15) is 0 Å². The number of benzene rings is 11. The molecule has 2 aliphatic rings. The van der Waals surface area contributed by atoms with Gasteiger partial charge in [-0.15, -0.1) is 0 Å². The van der Waals surface area contributed by atoms with Crippen molar-refractivity contribution in [3.8, 4) is 78.5 Å². The molecule has 3 aromatic heterocycles. The van der Waals surface area contributed by atoms with Gasteiger partial charge in [-0.3, -0.25) is 0 Å². The van der Waals surface area contributed by atoms with Crippen LogP contribution in [0.2, 0.25) is 0 Å². The standard InChI is InChI=1S/C76H57BN4/c1-75(2,3)54-42-59-68-57(48-28-16-9-17-29-48)36-51(46-24-12-7-13-25-46)38-64(68)80-66-40-53(74-78-63-35-23-22-34-56(63)71(79-74)50-32-20-11-21-33-50)41-67-70(66)77(61(44-54)72(59)80)62-45-55(76(4,5)6)43-60-69-58(49-30-18-10-19-31-49)37-52(47-26-14-8-15-27-47)39-65(69)81(67)73(60)62/h7-45H,1-6H3. The van der Waals surface area contributed by atoms with Gasteiger partial charge >= 0.3 is 0 Å². The SMILES string of the molecule is CC(C)(C)c1cc2c3c(c1)c1c(-c4ccccc4)cc(-c4ccccc4)cc1n3-c1cc(-c3nc(-c4ccccc4)c4ccccc4n3)cc3c1B2c1cc(C(C)(C)C)cc2c4c(-c5ccccc5)cc(-c5ccccc5)cc4n-3c12. The van der Waals surface area contributed by atoms with Crippen molar-refractivity contribution in [3.05, 3.63) is 248 Å². The van der Waals surface area contributed by atoms with E-state index in [0.717, 1.165) is 39.1 Å². The maximum atomic E-state index is 5.65. The Balaban J connectivity index is 1.14. The summed E-state index contributed by atoms with van der Waals surface area (Å²) in [7, 11) is 0. The van der Waals surface area contributed by atoms with Gasteiger partial charge in [0.15, 0.2) is 5.82 Å². The first-order valence-corrected chi connectivity index (χ1v) is 28.5. The van der Waals surface area contributed by atoms with E-state index in [4.69, 9.17) is 9.97 Å². The molecule has 0 atom stereocenters. The minimum atomic E-state index is -0.155. The predicted molar refractivity (Wildman–Crippen MR) is 343 cm³/mol. The topological polar surface area (TPSA) is 35.6 Å². The predicted octanol–water partition coefficient (Wildman–Crippen LogP) is 17.6. The molecule has 81 heavy (non-hydrogen) atoms. The van der Waals surface area contributed by atoms with Gasteiger partial charge in [0, 0.05) is 60.5 Å². The second-order valence-corrected chi connectivity index (χ2v) is 24.5. The lowest BCUT2D eigenvalue weighted by Crippen LogP contribution is -2.59. The normalized spacial score (nSPS) is 12.8. The van der Waals surface area contributed by atoms with Crippen LogP contribution in [0.4, 0.5) is 0 Å². The van der Waals surface area contributed by atoms with Crippen LogP contribution in [-0.4, -0.2) is 25.8 Å². The van der Waals surface area contributed by atoms with Gasteiger partial charge in [-0.1, -0.05) is 224 Å². The van der Waals surface area contributed by atoms with E-state index in [1.54, 1.807) is 0 Å². The first-order valence-electron chi connectivity index (χ1n) is 28.5. The van der Waals surface area contributed by atoms with Gasteiger partial charge in [0.05, 0.1) is 22.2 Å². The number of fused-ring (bicyclic) bond motifs is 11. The summed E-state index contributed by atoms with van der Waals surface area (Å²) in [5.41, 5.74) is 26.8. The molecule has 0 bridgehead atoms. The molecule has 0 saturated heterocycles. The van der Waals surface area contributed by atoms with Crippen LogP contribution in [-0.2, 0) is 10.8 Å². The average Bonchev–Trinajstić information content (AvgIpc) is 4.26. The molecule has 0 spiro atoms. The third-order valence-corrected chi connectivity index (χ3v) is 17.5. The van der Waals surface area contributed by atoms with E-state index >= 15 is 0 Å². The Bertz CT molecular complexity index is 4660. The second-order valence-electron chi connectivity index (χ2n) is 24.5. The highest BCUT2D eigenvalue weighted by molar-refractivity contribution is 7.00. The molecule has 0 amide bonds. The van der Waals surface area contributed by atoms with E-state index in [2.05, 4.69) is 287 Å². The monoisotopic (exact) mass is 1040 g/mol. The Morgan fingerprint density at radius 3 is 1.20 bits per heavy atom. The maximum absolute atomic E-state index is 5.65. The number of nitrogens with zero attached hydrogens (tertiary/aromatic N) is 4. The highest BCUT2D eigenvalue weighted by atomic mass is 15.0. The van der Waals surface area contributed by atoms with Gasteiger partial charge in [0.1, 0.15) is 0 Å². The summed E-state index contributed by atoms with van der Waals surface area (Å²) >= 11 is 0. The van der Waals surface area contributed by atoms with E-state index in [-0.39, 0.29) is 17.5 Å². The number of aromatic nitrogens is 4. The van der Waals surface area contributed by atoms with Crippen LogP contribution in [0.1, 0.15) is 52.7 Å². The van der Waals surface area contributed by atoms with Crippen molar-refractivity contribution >= 4 is 77.6 Å². The zero-order valence-corrected chi connectivity index (χ0v) is 46.4. The Kier molecular flexibility index (Phi) is 10.2. The Morgan fingerprint density at radius 1 is 0.346 bits per heavy atom. The van der Waals surface area contributed by atoms with E-state index in [1.165, 1.54) is 116 Å². The van der Waals surface area contributed by atoms with Crippen LogP contribution < -0.4 is 16.4 Å². The molecule has 0 unspecified atom stereocenters. The summed E-state index contributed by atoms with van der Waals surface area (Å²) in [5, 5.41) is 6.08. The van der Waals surface area contributed by atoms with Gasteiger partial charge in [0.25, 0.3) is 6.71 Å². The zero-order valence-electron chi connectivity index (χ0n) is 46.4. The maximum Gasteiger partial charge on any atom is 0.252 e. The Morgan fingerprint density at radius 2 is 0.753 bits per heavy atom. The van der Waals surface area contributed by atoms with Crippen molar-refractivity contribution in [2.75, 3.05) is 0 Å². The van der Waals surface area contributed by atoms with Crippen molar-refractivity contribution in [1.82, 2.24) is 19.1 Å². The molecule has 14 aromatic rings. The van der Waals surface area contributed by atoms with E-state index in [1.807, 2.05) is 0 Å². The fourth-order valence-electron chi connectivity index (χ4n) is 13.6. The van der Waals surface area contributed by atoms with Crippen LogP contribution in [0.3, 0.4) is 0 Å². The minimum absolute atomic E-state index is 0.118. The fraction of sp³-hybridized carbons (Fsp3) is 0.105. The molecule has 0 saturated carbocycles. The van der Waals surface area contributed by atoms with Gasteiger partial charge in [-0.05, 0) is 137 Å². The van der Waals surface area contributed by atoms with Crippen molar-refractivity contribution in [2.24, 2.45) is 0 Å². The number of hydrogen-bond donors (Lipinski definition) is 0. The summed E-state index contributed by atoms with van der Waals surface area (Å²) < 4.78 is 5.30. The summed E-state index contributed by atoms with van der Waals surface area (Å²) in [6, 6.07) is 87.9. The lowest BCUT2D eigenvalue weighted by atomic mass is 9.34. The summed E-state index contributed by atoms with van der Waals surface area (Å²) in [4.78, 5) is 11.2. The third-order valence-electron chi connectivity index (χ3n) is 17.5. The smallest absolute Gasteiger partial charge is 0.252 e. The van der Waals surface area contributed by atoms with Crippen LogP contribution in [0, 0.1) is 0 Å². The fourth-order valence-corrected chi connectivity index (χ4v) is 13.6. The van der Waals surface area contributed by atoms with Gasteiger partial charge in [0.2, 0.25) is 0 Å². The third kappa shape index (κ3) is 7.24. The molecule has 0 radical (unpaired) electrons. The Labute approximate surface area is 472 Å². The molecule has 5 heteroatoms. The van der Waals surface area contributed by atoms with Crippen molar-refractivity contribution in [2.45, 2.75) is 52.4 Å². The number of rotatable bonds is 6. The highest BCUT2D eigenvalue weighted by Crippen LogP contribution is 2.48. The van der Waals surface area contributed by atoms with E-state index in [0.29, 0.717) is 5.82 Å². The molecular formula is C76H57BN4. The molecule has 16 rings (SSSR count). The lowest BCUT2D eigenvalue weighted by Gasteiger charge is -2.35. The first-order chi connectivity index (χ1) is 39.4. The van der Waals surface area contributed by atoms with Crippen LogP contribution in [0.15, 0.2) is 237 Å². The molecule has 384 valence electrons. The van der Waals surface area contributed by atoms with Gasteiger partial charge < -0.3 is 9.13 Å². The average molecular weight is 1040 g/mol. The zero-order chi connectivity index (χ0) is 54.5. The largest absolute Gasteiger partial charge is 0.310 e. The van der Waals surface area contributed by atoms with E-state index in [9.17, 15) is 0 Å². The summed E-state index contributed by atoms with van der Waals surface area (Å²) in [5.74, 6) is 0.691. The van der Waals surface area contributed by atoms with Crippen LogP contribution >= 0.6 is 0 Å². The molecule has 4 nitrogen and oxygen atoms in total. The molecule has 2 aliphatic heterocycles. The molecule has 0 N–H and O–H groups in total. The molecule has 5 heterocycles. The summed E-state index contributed by atoms with van der Waals surface area (Å²) in [6.07, 6.45) is 0. The Hall–Kier alpha value is -9.58. The second kappa shape index (κ2) is 17.5. The quantitative estimate of drug-likeness (QED) is 0.156.